The fourth-order valence-corrected chi connectivity index (χ4v) is 4.80. The number of benzene rings is 2. The average molecular weight is 451 g/mol. The molecule has 1 unspecified atom stereocenters. The van der Waals surface area contributed by atoms with Crippen molar-refractivity contribution in [2.45, 2.75) is 12.5 Å². The lowest BCUT2D eigenvalue weighted by Crippen LogP contribution is -2.39. The van der Waals surface area contributed by atoms with E-state index >= 15 is 0 Å². The molecular formula is C24H22N2O5S. The number of ether oxygens (including phenoxy) is 2. The molecule has 1 aromatic heterocycles. The number of methoxy groups -OCH3 is 2. The first-order valence-electron chi connectivity index (χ1n) is 10.0. The van der Waals surface area contributed by atoms with Crippen LogP contribution in [0, 0.1) is 10.1 Å². The molecule has 4 rings (SSSR count). The predicted octanol–water partition coefficient (Wildman–Crippen LogP) is 4.86. The summed E-state index contributed by atoms with van der Waals surface area (Å²) in [6.45, 7) is 0.545. The Bertz CT molecular complexity index is 1170. The maximum atomic E-state index is 13.2. The average Bonchev–Trinajstić information content (AvgIpc) is 3.35. The SMILES string of the molecule is COc1cc2c(cc1OC)C(c1cccs1)N(C(=O)/C=C/c1cccc([N+](=O)[O-])c1)CC2. The summed E-state index contributed by atoms with van der Waals surface area (Å²) in [5.41, 5.74) is 2.72. The second-order valence-electron chi connectivity index (χ2n) is 7.29. The van der Waals surface area contributed by atoms with Gasteiger partial charge in [0.2, 0.25) is 5.91 Å². The van der Waals surface area contributed by atoms with Crippen LogP contribution in [0.3, 0.4) is 0 Å². The number of carbonyl (C=O) groups is 1. The Kier molecular flexibility index (Phi) is 6.23. The summed E-state index contributed by atoms with van der Waals surface area (Å²) < 4.78 is 11.0. The first-order valence-corrected chi connectivity index (χ1v) is 10.9. The van der Waals surface area contributed by atoms with Crippen LogP contribution in [0.4, 0.5) is 5.69 Å². The standard InChI is InChI=1S/C24H22N2O5S/c1-30-20-14-17-10-11-25(23(27)9-8-16-5-3-6-18(13-16)26(28)29)24(22-7-4-12-32-22)19(17)15-21(20)31-2/h3-9,12-15,24H,10-11H2,1-2H3/b9-8+. The number of carbonyl (C=O) groups excluding carboxylic acids is 1. The van der Waals surface area contributed by atoms with Crippen molar-refractivity contribution in [1.29, 1.82) is 0 Å². The molecule has 0 bridgehead atoms. The van der Waals surface area contributed by atoms with Gasteiger partial charge in [0.1, 0.15) is 0 Å². The van der Waals surface area contributed by atoms with E-state index in [0.717, 1.165) is 16.0 Å². The van der Waals surface area contributed by atoms with E-state index in [4.69, 9.17) is 9.47 Å². The summed E-state index contributed by atoms with van der Waals surface area (Å²) in [6, 6.07) is 13.9. The van der Waals surface area contributed by atoms with Crippen LogP contribution in [0.5, 0.6) is 11.5 Å². The number of hydrogen-bond acceptors (Lipinski definition) is 6. The zero-order valence-electron chi connectivity index (χ0n) is 17.7. The van der Waals surface area contributed by atoms with Gasteiger partial charge in [-0.05, 0) is 52.8 Å². The molecule has 0 aliphatic carbocycles. The van der Waals surface area contributed by atoms with Gasteiger partial charge in [-0.25, -0.2) is 0 Å². The van der Waals surface area contributed by atoms with Crippen molar-refractivity contribution in [3.63, 3.8) is 0 Å². The third-order valence-electron chi connectivity index (χ3n) is 5.47. The van der Waals surface area contributed by atoms with Crippen molar-refractivity contribution in [3.05, 3.63) is 91.7 Å². The number of amides is 1. The molecule has 0 fully saturated rings. The minimum Gasteiger partial charge on any atom is -0.493 e. The van der Waals surface area contributed by atoms with Crippen LogP contribution in [0.25, 0.3) is 6.08 Å². The number of nitro groups is 1. The van der Waals surface area contributed by atoms with Gasteiger partial charge in [0.05, 0.1) is 25.2 Å². The molecule has 7 nitrogen and oxygen atoms in total. The van der Waals surface area contributed by atoms with Crippen molar-refractivity contribution in [3.8, 4) is 11.5 Å². The number of thiophene rings is 1. The Balaban J connectivity index is 1.69. The smallest absolute Gasteiger partial charge is 0.270 e. The molecule has 0 saturated heterocycles. The van der Waals surface area contributed by atoms with Crippen LogP contribution in [0.1, 0.15) is 27.6 Å². The van der Waals surface area contributed by atoms with E-state index in [0.29, 0.717) is 30.0 Å². The molecule has 1 aliphatic rings. The van der Waals surface area contributed by atoms with Crippen LogP contribution in [-0.4, -0.2) is 36.5 Å². The first-order chi connectivity index (χ1) is 15.5. The summed E-state index contributed by atoms with van der Waals surface area (Å²) >= 11 is 1.59. The molecule has 2 heterocycles. The molecule has 1 aliphatic heterocycles. The van der Waals surface area contributed by atoms with Gasteiger partial charge < -0.3 is 14.4 Å². The molecule has 8 heteroatoms. The van der Waals surface area contributed by atoms with Gasteiger partial charge in [-0.3, -0.25) is 14.9 Å². The minimum atomic E-state index is -0.449. The van der Waals surface area contributed by atoms with E-state index in [-0.39, 0.29) is 17.6 Å². The molecule has 164 valence electrons. The number of non-ortho nitro benzene ring substituents is 1. The quantitative estimate of drug-likeness (QED) is 0.304. The van der Waals surface area contributed by atoms with Crippen LogP contribution in [0.15, 0.2) is 60.0 Å². The van der Waals surface area contributed by atoms with Crippen molar-refractivity contribution in [2.24, 2.45) is 0 Å². The predicted molar refractivity (Wildman–Crippen MR) is 123 cm³/mol. The summed E-state index contributed by atoms with van der Waals surface area (Å²) in [6.07, 6.45) is 3.78. The first kappa shape index (κ1) is 21.6. The van der Waals surface area contributed by atoms with Crippen LogP contribution >= 0.6 is 11.3 Å². The molecule has 1 amide bonds. The van der Waals surface area contributed by atoms with Gasteiger partial charge >= 0.3 is 0 Å². The van der Waals surface area contributed by atoms with E-state index in [1.807, 2.05) is 34.5 Å². The number of nitrogens with zero attached hydrogens (tertiary/aromatic N) is 2. The summed E-state index contributed by atoms with van der Waals surface area (Å²) in [5, 5.41) is 13.0. The fraction of sp³-hybridized carbons (Fsp3) is 0.208. The summed E-state index contributed by atoms with van der Waals surface area (Å²) in [7, 11) is 3.20. The van der Waals surface area contributed by atoms with E-state index in [9.17, 15) is 14.9 Å². The third-order valence-corrected chi connectivity index (χ3v) is 6.39. The van der Waals surface area contributed by atoms with Gasteiger partial charge in [0, 0.05) is 29.6 Å². The Morgan fingerprint density at radius 3 is 2.62 bits per heavy atom. The molecule has 2 aromatic carbocycles. The maximum Gasteiger partial charge on any atom is 0.270 e. The highest BCUT2D eigenvalue weighted by Gasteiger charge is 2.33. The third kappa shape index (κ3) is 4.22. The Morgan fingerprint density at radius 2 is 1.94 bits per heavy atom. The van der Waals surface area contributed by atoms with E-state index in [1.54, 1.807) is 43.8 Å². The van der Waals surface area contributed by atoms with Crippen molar-refractivity contribution in [1.82, 2.24) is 4.90 Å². The molecule has 3 aromatic rings. The summed E-state index contributed by atoms with van der Waals surface area (Å²) in [5.74, 6) is 1.13. The lowest BCUT2D eigenvalue weighted by molar-refractivity contribution is -0.384. The van der Waals surface area contributed by atoms with Gasteiger partial charge in [-0.15, -0.1) is 11.3 Å². The van der Waals surface area contributed by atoms with Crippen molar-refractivity contribution >= 4 is 29.0 Å². The normalized spacial score (nSPS) is 15.4. The second-order valence-corrected chi connectivity index (χ2v) is 8.27. The van der Waals surface area contributed by atoms with E-state index in [1.165, 1.54) is 18.2 Å². The second kappa shape index (κ2) is 9.23. The largest absolute Gasteiger partial charge is 0.493 e. The number of rotatable bonds is 6. The van der Waals surface area contributed by atoms with Gasteiger partial charge in [0.15, 0.2) is 11.5 Å². The molecule has 1 atom stereocenters. The fourth-order valence-electron chi connectivity index (χ4n) is 3.94. The lowest BCUT2D eigenvalue weighted by atomic mass is 9.90. The highest BCUT2D eigenvalue weighted by molar-refractivity contribution is 7.10. The van der Waals surface area contributed by atoms with E-state index in [2.05, 4.69) is 0 Å². The Morgan fingerprint density at radius 1 is 1.16 bits per heavy atom. The molecular weight excluding hydrogens is 428 g/mol. The van der Waals surface area contributed by atoms with Crippen LogP contribution in [0.2, 0.25) is 0 Å². The lowest BCUT2D eigenvalue weighted by Gasteiger charge is -2.37. The Labute approximate surface area is 189 Å². The number of fused-ring (bicyclic) bond motifs is 1. The van der Waals surface area contributed by atoms with Crippen LogP contribution in [-0.2, 0) is 11.2 Å². The van der Waals surface area contributed by atoms with Crippen LogP contribution < -0.4 is 9.47 Å². The zero-order valence-corrected chi connectivity index (χ0v) is 18.5. The zero-order chi connectivity index (χ0) is 22.7. The molecule has 0 N–H and O–H groups in total. The van der Waals surface area contributed by atoms with Gasteiger partial charge in [-0.1, -0.05) is 18.2 Å². The van der Waals surface area contributed by atoms with Crippen molar-refractivity contribution < 1.29 is 19.2 Å². The molecule has 0 spiro atoms. The van der Waals surface area contributed by atoms with Crippen molar-refractivity contribution in [2.75, 3.05) is 20.8 Å². The Hall–Kier alpha value is -3.65. The minimum absolute atomic E-state index is 0.0102. The van der Waals surface area contributed by atoms with Gasteiger partial charge in [-0.2, -0.15) is 0 Å². The topological polar surface area (TPSA) is 81.9 Å². The number of hydrogen-bond donors (Lipinski definition) is 0. The molecule has 32 heavy (non-hydrogen) atoms. The summed E-state index contributed by atoms with van der Waals surface area (Å²) in [4.78, 5) is 26.7. The number of nitro benzene ring substituents is 1. The maximum absolute atomic E-state index is 13.2. The van der Waals surface area contributed by atoms with E-state index < -0.39 is 4.92 Å². The monoisotopic (exact) mass is 450 g/mol. The molecule has 0 radical (unpaired) electrons. The molecule has 0 saturated carbocycles. The highest BCUT2D eigenvalue weighted by atomic mass is 32.1. The highest BCUT2D eigenvalue weighted by Crippen LogP contribution is 2.42. The van der Waals surface area contributed by atoms with Gasteiger partial charge in [0.25, 0.3) is 5.69 Å².